The molecule has 10 aromatic carbocycles. The third kappa shape index (κ3) is 7.02. The topological polar surface area (TPSA) is 56.7 Å². The molecule has 318 valence electrons. The molecule has 68 heavy (non-hydrogen) atoms. The van der Waals surface area contributed by atoms with Gasteiger partial charge in [0.25, 0.3) is 0 Å². The first kappa shape index (κ1) is 39.2. The maximum Gasteiger partial charge on any atom is 0.164 e. The molecule has 5 heteroatoms. The fourth-order valence-electron chi connectivity index (χ4n) is 9.68. The highest BCUT2D eigenvalue weighted by molar-refractivity contribution is 6.11. The van der Waals surface area contributed by atoms with Crippen molar-refractivity contribution >= 4 is 43.7 Å². The molecule has 0 atom stereocenters. The number of benzene rings is 10. The molecular formula is C63H40N4O. The summed E-state index contributed by atoms with van der Waals surface area (Å²) < 4.78 is 8.83. The van der Waals surface area contributed by atoms with Crippen molar-refractivity contribution in [2.75, 3.05) is 0 Å². The molecule has 0 spiro atoms. The minimum absolute atomic E-state index is 0.587. The van der Waals surface area contributed by atoms with Gasteiger partial charge < -0.3 is 8.98 Å². The molecule has 0 unspecified atom stereocenters. The highest BCUT2D eigenvalue weighted by atomic mass is 16.3. The number of hydrogen-bond donors (Lipinski definition) is 0. The van der Waals surface area contributed by atoms with E-state index in [0.717, 1.165) is 83.3 Å². The van der Waals surface area contributed by atoms with Gasteiger partial charge in [-0.2, -0.15) is 0 Å². The van der Waals surface area contributed by atoms with E-state index >= 15 is 0 Å². The van der Waals surface area contributed by atoms with Crippen LogP contribution in [-0.2, 0) is 0 Å². The molecule has 13 aromatic rings. The number of rotatable bonds is 8. The first-order chi connectivity index (χ1) is 33.7. The second-order valence-electron chi connectivity index (χ2n) is 17.2. The third-order valence-electron chi connectivity index (χ3n) is 13.0. The Kier molecular flexibility index (Phi) is 9.43. The molecule has 0 amide bonds. The Hall–Kier alpha value is -9.19. The molecule has 5 nitrogen and oxygen atoms in total. The van der Waals surface area contributed by atoms with Crippen molar-refractivity contribution in [2.24, 2.45) is 0 Å². The average molecular weight is 869 g/mol. The van der Waals surface area contributed by atoms with E-state index in [2.05, 4.69) is 223 Å². The van der Waals surface area contributed by atoms with Crippen LogP contribution < -0.4 is 0 Å². The lowest BCUT2D eigenvalue weighted by Crippen LogP contribution is -2.00. The summed E-state index contributed by atoms with van der Waals surface area (Å²) in [4.78, 5) is 15.5. The van der Waals surface area contributed by atoms with Crippen molar-refractivity contribution in [3.05, 3.63) is 243 Å². The SMILES string of the molecule is c1ccc(-c2cccc(-c3nc(-c4cccc(-c5ccccc5)c4)nc(-c4ccc5oc6ccc(-c7cccc(-c8ccc9c(c8)c8ccccc8n9-c8ccccc8)c7)cc6c5c4)n3)c2)cc1. The largest absolute Gasteiger partial charge is 0.456 e. The molecule has 0 fully saturated rings. The van der Waals surface area contributed by atoms with Crippen LogP contribution in [0.1, 0.15) is 0 Å². The van der Waals surface area contributed by atoms with E-state index in [4.69, 9.17) is 19.4 Å². The Labute approximate surface area is 392 Å². The molecule has 13 rings (SSSR count). The van der Waals surface area contributed by atoms with Crippen LogP contribution in [0.5, 0.6) is 0 Å². The van der Waals surface area contributed by atoms with Gasteiger partial charge in [-0.3, -0.25) is 0 Å². The second-order valence-corrected chi connectivity index (χ2v) is 17.2. The zero-order chi connectivity index (χ0) is 45.0. The lowest BCUT2D eigenvalue weighted by molar-refractivity contribution is 0.669. The lowest BCUT2D eigenvalue weighted by Gasteiger charge is -2.11. The Bertz CT molecular complexity index is 3920. The van der Waals surface area contributed by atoms with Gasteiger partial charge in [0, 0.05) is 43.9 Å². The van der Waals surface area contributed by atoms with Crippen molar-refractivity contribution in [1.29, 1.82) is 0 Å². The fraction of sp³-hybridized carbons (Fsp3) is 0. The van der Waals surface area contributed by atoms with E-state index in [0.29, 0.717) is 17.5 Å². The maximum absolute atomic E-state index is 6.48. The predicted molar refractivity (Wildman–Crippen MR) is 279 cm³/mol. The van der Waals surface area contributed by atoms with Crippen LogP contribution in [0.15, 0.2) is 247 Å². The van der Waals surface area contributed by atoms with Crippen LogP contribution in [0.25, 0.3) is 128 Å². The Morgan fingerprint density at radius 3 is 1.19 bits per heavy atom. The summed E-state index contributed by atoms with van der Waals surface area (Å²) in [6, 6.07) is 85.3. The van der Waals surface area contributed by atoms with Crippen LogP contribution in [-0.4, -0.2) is 19.5 Å². The molecule has 0 radical (unpaired) electrons. The van der Waals surface area contributed by atoms with Gasteiger partial charge >= 0.3 is 0 Å². The average Bonchev–Trinajstić information content (AvgIpc) is 3.96. The normalized spacial score (nSPS) is 11.5. The molecular weight excluding hydrogens is 829 g/mol. The summed E-state index contributed by atoms with van der Waals surface area (Å²) in [5, 5.41) is 4.49. The van der Waals surface area contributed by atoms with Crippen molar-refractivity contribution in [3.8, 4) is 84.4 Å². The van der Waals surface area contributed by atoms with E-state index in [-0.39, 0.29) is 0 Å². The summed E-state index contributed by atoms with van der Waals surface area (Å²) in [6.45, 7) is 0. The molecule has 0 N–H and O–H groups in total. The molecule has 0 saturated carbocycles. The predicted octanol–water partition coefficient (Wildman–Crippen LogP) is 16.5. The summed E-state index contributed by atoms with van der Waals surface area (Å²) in [6.07, 6.45) is 0. The second kappa shape index (κ2) is 16.4. The van der Waals surface area contributed by atoms with Crippen molar-refractivity contribution < 1.29 is 4.42 Å². The van der Waals surface area contributed by atoms with Gasteiger partial charge in [-0.25, -0.2) is 15.0 Å². The first-order valence-corrected chi connectivity index (χ1v) is 22.9. The zero-order valence-corrected chi connectivity index (χ0v) is 36.8. The number of aromatic nitrogens is 4. The maximum atomic E-state index is 6.48. The van der Waals surface area contributed by atoms with E-state index in [1.54, 1.807) is 0 Å². The monoisotopic (exact) mass is 868 g/mol. The zero-order valence-electron chi connectivity index (χ0n) is 36.8. The summed E-state index contributed by atoms with van der Waals surface area (Å²) in [7, 11) is 0. The summed E-state index contributed by atoms with van der Waals surface area (Å²) in [5.74, 6) is 1.80. The van der Waals surface area contributed by atoms with E-state index < -0.39 is 0 Å². The lowest BCUT2D eigenvalue weighted by atomic mass is 9.97. The van der Waals surface area contributed by atoms with Gasteiger partial charge in [0.05, 0.1) is 11.0 Å². The number of nitrogens with zero attached hydrogens (tertiary/aromatic N) is 4. The Morgan fingerprint density at radius 2 is 0.618 bits per heavy atom. The molecule has 3 heterocycles. The fourth-order valence-corrected chi connectivity index (χ4v) is 9.68. The van der Waals surface area contributed by atoms with Gasteiger partial charge in [0.2, 0.25) is 0 Å². The number of fused-ring (bicyclic) bond motifs is 6. The molecule has 3 aromatic heterocycles. The van der Waals surface area contributed by atoms with E-state index in [1.165, 1.54) is 27.4 Å². The van der Waals surface area contributed by atoms with Crippen molar-refractivity contribution in [3.63, 3.8) is 0 Å². The smallest absolute Gasteiger partial charge is 0.164 e. The molecule has 0 aliphatic rings. The van der Waals surface area contributed by atoms with Crippen LogP contribution in [0.4, 0.5) is 0 Å². The van der Waals surface area contributed by atoms with Gasteiger partial charge in [-0.1, -0.05) is 164 Å². The minimum atomic E-state index is 0.587. The Morgan fingerprint density at radius 1 is 0.250 bits per heavy atom. The van der Waals surface area contributed by atoms with Crippen LogP contribution >= 0.6 is 0 Å². The quantitative estimate of drug-likeness (QED) is 0.153. The summed E-state index contributed by atoms with van der Waals surface area (Å²) >= 11 is 0. The van der Waals surface area contributed by atoms with Gasteiger partial charge in [0.15, 0.2) is 17.5 Å². The van der Waals surface area contributed by atoms with E-state index in [9.17, 15) is 0 Å². The van der Waals surface area contributed by atoms with Gasteiger partial charge in [-0.15, -0.1) is 0 Å². The van der Waals surface area contributed by atoms with Gasteiger partial charge in [0.1, 0.15) is 11.2 Å². The molecule has 0 bridgehead atoms. The van der Waals surface area contributed by atoms with E-state index in [1.807, 2.05) is 24.3 Å². The molecule has 0 aliphatic carbocycles. The number of para-hydroxylation sites is 2. The number of furan rings is 1. The highest BCUT2D eigenvalue weighted by Gasteiger charge is 2.18. The van der Waals surface area contributed by atoms with Crippen LogP contribution in [0.2, 0.25) is 0 Å². The minimum Gasteiger partial charge on any atom is -0.456 e. The van der Waals surface area contributed by atoms with Crippen LogP contribution in [0, 0.1) is 0 Å². The third-order valence-corrected chi connectivity index (χ3v) is 13.0. The van der Waals surface area contributed by atoms with Crippen molar-refractivity contribution in [1.82, 2.24) is 19.5 Å². The molecule has 0 saturated heterocycles. The molecule has 0 aliphatic heterocycles. The number of hydrogen-bond acceptors (Lipinski definition) is 4. The van der Waals surface area contributed by atoms with Crippen LogP contribution in [0.3, 0.4) is 0 Å². The first-order valence-electron chi connectivity index (χ1n) is 22.9. The standard InChI is InChI=1S/C63H40N4O/c1-4-15-41(16-5-1)43-19-13-23-49(36-43)61-64-62(50-24-14-20-44(37-50)42-17-6-2-7-18-42)66-63(65-61)51-31-34-60-56(40-51)55-39-48(30-33-59(55)68-60)46-22-12-21-45(35-46)47-29-32-58-54(38-47)53-27-10-11-28-57(53)67(58)52-25-8-3-9-26-52/h1-40H. The van der Waals surface area contributed by atoms with Gasteiger partial charge in [-0.05, 0) is 123 Å². The van der Waals surface area contributed by atoms with Crippen molar-refractivity contribution in [2.45, 2.75) is 0 Å². The summed E-state index contributed by atoms with van der Waals surface area (Å²) in [5.41, 5.74) is 16.9. The Balaban J connectivity index is 0.900. The highest BCUT2D eigenvalue weighted by Crippen LogP contribution is 2.39.